The highest BCUT2D eigenvalue weighted by Crippen LogP contribution is 2.20. The van der Waals surface area contributed by atoms with Gasteiger partial charge in [0.2, 0.25) is 15.9 Å². The van der Waals surface area contributed by atoms with Crippen molar-refractivity contribution in [2.24, 2.45) is 0 Å². The number of carbonyl (C=O) groups is 1. The highest BCUT2D eigenvalue weighted by Gasteiger charge is 2.24. The first-order valence-corrected chi connectivity index (χ1v) is 7.52. The van der Waals surface area contributed by atoms with Crippen LogP contribution in [0.15, 0.2) is 23.1 Å². The third kappa shape index (κ3) is 3.45. The fourth-order valence-corrected chi connectivity index (χ4v) is 2.92. The van der Waals surface area contributed by atoms with Crippen LogP contribution in [0, 0.1) is 6.92 Å². The summed E-state index contributed by atoms with van der Waals surface area (Å²) in [5, 5.41) is 2.71. The first-order chi connectivity index (χ1) is 8.90. The Morgan fingerprint density at radius 3 is 2.74 bits per heavy atom. The van der Waals surface area contributed by atoms with Crippen molar-refractivity contribution in [1.82, 2.24) is 10.0 Å². The first-order valence-electron chi connectivity index (χ1n) is 6.04. The summed E-state index contributed by atoms with van der Waals surface area (Å²) in [7, 11) is -3.71. The fraction of sp³-hybridized carbons (Fsp3) is 0.417. The molecule has 0 aromatic heterocycles. The second-order valence-electron chi connectivity index (χ2n) is 4.64. The van der Waals surface area contributed by atoms with Crippen LogP contribution in [0.2, 0.25) is 0 Å². The molecule has 0 aliphatic heterocycles. The summed E-state index contributed by atoms with van der Waals surface area (Å²) in [6.07, 6.45) is 1.93. The molecule has 1 fully saturated rings. The van der Waals surface area contributed by atoms with E-state index in [1.807, 2.05) is 0 Å². The zero-order valence-electron chi connectivity index (χ0n) is 10.6. The summed E-state index contributed by atoms with van der Waals surface area (Å²) in [6.45, 7) is 1.38. The number of hydrogen-bond acceptors (Lipinski definition) is 4. The van der Waals surface area contributed by atoms with Gasteiger partial charge in [-0.05, 0) is 37.5 Å². The molecular formula is C12H17N3O3S. The molecule has 104 valence electrons. The zero-order chi connectivity index (χ0) is 14.0. The minimum Gasteiger partial charge on any atom is -0.398 e. The predicted molar refractivity (Wildman–Crippen MR) is 71.9 cm³/mol. The van der Waals surface area contributed by atoms with Crippen LogP contribution in [0.25, 0.3) is 0 Å². The van der Waals surface area contributed by atoms with E-state index in [0.717, 1.165) is 12.8 Å². The fourth-order valence-electron chi connectivity index (χ4n) is 1.67. The molecule has 1 aliphatic rings. The molecule has 1 aromatic rings. The van der Waals surface area contributed by atoms with Gasteiger partial charge in [-0.15, -0.1) is 0 Å². The Bertz CT molecular complexity index is 594. The molecular weight excluding hydrogens is 266 g/mol. The number of benzene rings is 1. The minimum absolute atomic E-state index is 0.103. The van der Waals surface area contributed by atoms with E-state index >= 15 is 0 Å². The largest absolute Gasteiger partial charge is 0.398 e. The Balaban J connectivity index is 2.05. The Morgan fingerprint density at radius 2 is 2.11 bits per heavy atom. The van der Waals surface area contributed by atoms with Gasteiger partial charge in [0.25, 0.3) is 0 Å². The van der Waals surface area contributed by atoms with Crippen molar-refractivity contribution >= 4 is 21.6 Å². The Kier molecular flexibility index (Phi) is 3.77. The number of amides is 1. The van der Waals surface area contributed by atoms with E-state index in [1.54, 1.807) is 19.1 Å². The van der Waals surface area contributed by atoms with Gasteiger partial charge in [0.1, 0.15) is 0 Å². The lowest BCUT2D eigenvalue weighted by Crippen LogP contribution is -2.38. The molecule has 6 nitrogen and oxygen atoms in total. The number of nitrogens with one attached hydrogen (secondary N) is 2. The molecule has 0 heterocycles. The van der Waals surface area contributed by atoms with Crippen molar-refractivity contribution in [3.8, 4) is 0 Å². The van der Waals surface area contributed by atoms with E-state index in [0.29, 0.717) is 11.3 Å². The van der Waals surface area contributed by atoms with E-state index in [2.05, 4.69) is 10.0 Å². The highest BCUT2D eigenvalue weighted by atomic mass is 32.2. The number of nitrogens with two attached hydrogens (primary N) is 1. The molecule has 4 N–H and O–H groups in total. The van der Waals surface area contributed by atoms with Crippen molar-refractivity contribution in [2.45, 2.75) is 30.7 Å². The maximum atomic E-state index is 12.1. The van der Waals surface area contributed by atoms with Crippen molar-refractivity contribution in [2.75, 3.05) is 12.3 Å². The molecule has 1 saturated carbocycles. The molecule has 7 heteroatoms. The molecule has 0 spiro atoms. The molecule has 0 saturated heterocycles. The van der Waals surface area contributed by atoms with E-state index in [4.69, 9.17) is 5.73 Å². The van der Waals surface area contributed by atoms with Crippen molar-refractivity contribution < 1.29 is 13.2 Å². The van der Waals surface area contributed by atoms with Gasteiger partial charge < -0.3 is 11.1 Å². The van der Waals surface area contributed by atoms with Crippen LogP contribution in [-0.4, -0.2) is 26.9 Å². The molecule has 0 unspecified atom stereocenters. The van der Waals surface area contributed by atoms with Gasteiger partial charge in [-0.1, -0.05) is 6.07 Å². The van der Waals surface area contributed by atoms with E-state index in [1.165, 1.54) is 6.07 Å². The first kappa shape index (κ1) is 13.8. The molecule has 1 aromatic carbocycles. The van der Waals surface area contributed by atoms with Crippen LogP contribution < -0.4 is 15.8 Å². The average Bonchev–Trinajstić information content (AvgIpc) is 3.14. The highest BCUT2D eigenvalue weighted by molar-refractivity contribution is 7.89. The van der Waals surface area contributed by atoms with Crippen molar-refractivity contribution in [1.29, 1.82) is 0 Å². The predicted octanol–water partition coefficient (Wildman–Crippen LogP) is 0.134. The topological polar surface area (TPSA) is 101 Å². The quantitative estimate of drug-likeness (QED) is 0.669. The van der Waals surface area contributed by atoms with E-state index in [9.17, 15) is 13.2 Å². The summed E-state index contributed by atoms with van der Waals surface area (Å²) < 4.78 is 26.4. The number of sulfonamides is 1. The summed E-state index contributed by atoms with van der Waals surface area (Å²) in [4.78, 5) is 11.6. The monoisotopic (exact) mass is 283 g/mol. The smallest absolute Gasteiger partial charge is 0.241 e. The maximum Gasteiger partial charge on any atom is 0.241 e. The Labute approximate surface area is 112 Å². The lowest BCUT2D eigenvalue weighted by Gasteiger charge is -2.10. The van der Waals surface area contributed by atoms with Gasteiger partial charge in [0, 0.05) is 11.7 Å². The lowest BCUT2D eigenvalue weighted by atomic mass is 10.2. The van der Waals surface area contributed by atoms with Gasteiger partial charge in [0.15, 0.2) is 0 Å². The average molecular weight is 283 g/mol. The lowest BCUT2D eigenvalue weighted by molar-refractivity contribution is -0.120. The number of anilines is 1. The Hall–Kier alpha value is -1.60. The molecule has 1 aliphatic carbocycles. The Morgan fingerprint density at radius 1 is 1.42 bits per heavy atom. The van der Waals surface area contributed by atoms with Gasteiger partial charge in [-0.25, -0.2) is 13.1 Å². The van der Waals surface area contributed by atoms with Crippen LogP contribution in [-0.2, 0) is 14.8 Å². The molecule has 0 radical (unpaired) electrons. The second-order valence-corrected chi connectivity index (χ2v) is 6.37. The van der Waals surface area contributed by atoms with Gasteiger partial charge in [-0.2, -0.15) is 0 Å². The van der Waals surface area contributed by atoms with Crippen molar-refractivity contribution in [3.05, 3.63) is 23.8 Å². The maximum absolute atomic E-state index is 12.1. The molecule has 19 heavy (non-hydrogen) atoms. The normalized spacial score (nSPS) is 15.2. The third-order valence-corrected chi connectivity index (χ3v) is 4.53. The minimum atomic E-state index is -3.71. The number of nitrogen functional groups attached to an aromatic ring is 1. The van der Waals surface area contributed by atoms with E-state index < -0.39 is 10.0 Å². The number of carbonyl (C=O) groups excluding carboxylic acids is 1. The van der Waals surface area contributed by atoms with Crippen LogP contribution in [0.1, 0.15) is 18.4 Å². The van der Waals surface area contributed by atoms with Gasteiger partial charge >= 0.3 is 0 Å². The summed E-state index contributed by atoms with van der Waals surface area (Å²) in [5.41, 5.74) is 6.57. The van der Waals surface area contributed by atoms with Gasteiger partial charge in [0.05, 0.1) is 11.4 Å². The molecule has 1 amide bonds. The van der Waals surface area contributed by atoms with Crippen LogP contribution in [0.5, 0.6) is 0 Å². The summed E-state index contributed by atoms with van der Waals surface area (Å²) in [6, 6.07) is 4.88. The van der Waals surface area contributed by atoms with Crippen molar-refractivity contribution in [3.63, 3.8) is 0 Å². The molecule has 0 bridgehead atoms. The molecule has 0 atom stereocenters. The third-order valence-electron chi connectivity index (χ3n) is 2.98. The van der Waals surface area contributed by atoms with Crippen LogP contribution >= 0.6 is 0 Å². The second kappa shape index (κ2) is 5.18. The zero-order valence-corrected chi connectivity index (χ0v) is 11.5. The summed E-state index contributed by atoms with van der Waals surface area (Å²) >= 11 is 0. The van der Waals surface area contributed by atoms with Gasteiger partial charge in [-0.3, -0.25) is 4.79 Å². The van der Waals surface area contributed by atoms with Crippen LogP contribution in [0.3, 0.4) is 0 Å². The molecule has 2 rings (SSSR count). The number of hydrogen-bond donors (Lipinski definition) is 3. The summed E-state index contributed by atoms with van der Waals surface area (Å²) in [5.74, 6) is -0.312. The number of rotatable bonds is 5. The standard InChI is InChI=1S/C12H17N3O3S/c1-8-10(13)3-2-4-11(8)19(17,18)14-7-12(16)15-9-5-6-9/h2-4,9,14H,5-7,13H2,1H3,(H,15,16). The SMILES string of the molecule is Cc1c(N)cccc1S(=O)(=O)NCC(=O)NC1CC1. The van der Waals surface area contributed by atoms with Crippen LogP contribution in [0.4, 0.5) is 5.69 Å². The van der Waals surface area contributed by atoms with E-state index in [-0.39, 0.29) is 23.4 Å².